The summed E-state index contributed by atoms with van der Waals surface area (Å²) >= 11 is 0. The fourth-order valence-corrected chi connectivity index (χ4v) is 3.09. The molecule has 0 unspecified atom stereocenters. The first-order valence-corrected chi connectivity index (χ1v) is 8.84. The highest BCUT2D eigenvalue weighted by Gasteiger charge is 2.14. The molecule has 3 heterocycles. The summed E-state index contributed by atoms with van der Waals surface area (Å²) < 4.78 is 11.2. The summed E-state index contributed by atoms with van der Waals surface area (Å²) in [6.07, 6.45) is 5.97. The maximum absolute atomic E-state index is 6.14. The van der Waals surface area contributed by atoms with Gasteiger partial charge in [-0.2, -0.15) is 0 Å². The number of nitrogens with one attached hydrogen (secondary N) is 2. The molecule has 1 saturated heterocycles. The van der Waals surface area contributed by atoms with Crippen LogP contribution in [0, 0.1) is 0 Å². The Bertz CT molecular complexity index is 883. The van der Waals surface area contributed by atoms with E-state index in [0.717, 1.165) is 54.0 Å². The Balaban J connectivity index is 0.00000210. The summed E-state index contributed by atoms with van der Waals surface area (Å²) in [5, 5.41) is 8.81. The first kappa shape index (κ1) is 19.2. The van der Waals surface area contributed by atoms with E-state index >= 15 is 0 Å². The summed E-state index contributed by atoms with van der Waals surface area (Å²) in [6.45, 7) is 2.04. The summed E-state index contributed by atoms with van der Waals surface area (Å²) in [5.74, 6) is 2.26. The van der Waals surface area contributed by atoms with Gasteiger partial charge in [0.25, 0.3) is 0 Å². The average molecular weight is 387 g/mol. The van der Waals surface area contributed by atoms with Crippen molar-refractivity contribution in [3.05, 3.63) is 48.8 Å². The van der Waals surface area contributed by atoms with E-state index in [4.69, 9.17) is 9.47 Å². The summed E-state index contributed by atoms with van der Waals surface area (Å²) in [4.78, 5) is 8.67. The van der Waals surface area contributed by atoms with Gasteiger partial charge in [0.2, 0.25) is 5.88 Å². The monoisotopic (exact) mass is 386 g/mol. The standard InChI is InChI=1S/C20H22N4O2.ClH/c1-25-20-5-3-16(13-23-20)24-19-11-15-10-18(4-2-14(15)12-22-19)26-17-6-8-21-9-7-17;/h2-5,10-13,17,21H,6-9H2,1H3,(H,22,24);1H. The Morgan fingerprint density at radius 1 is 1.00 bits per heavy atom. The van der Waals surface area contributed by atoms with Crippen LogP contribution in [0.3, 0.4) is 0 Å². The van der Waals surface area contributed by atoms with Crippen LogP contribution in [0.15, 0.2) is 48.8 Å². The minimum atomic E-state index is 0. The largest absolute Gasteiger partial charge is 0.490 e. The molecule has 1 aliphatic rings. The van der Waals surface area contributed by atoms with E-state index in [2.05, 4.69) is 32.7 Å². The molecule has 0 atom stereocenters. The van der Waals surface area contributed by atoms with Crippen LogP contribution in [0.5, 0.6) is 11.6 Å². The molecule has 6 nitrogen and oxygen atoms in total. The number of hydrogen-bond donors (Lipinski definition) is 2. The number of ether oxygens (including phenoxy) is 2. The molecule has 7 heteroatoms. The smallest absolute Gasteiger partial charge is 0.213 e. The SMILES string of the molecule is COc1ccc(Nc2cc3cc(OC4CCNCC4)ccc3cn2)cn1.Cl. The molecule has 4 rings (SSSR count). The lowest BCUT2D eigenvalue weighted by Crippen LogP contribution is -2.34. The molecule has 1 aliphatic heterocycles. The molecule has 1 fully saturated rings. The third-order valence-electron chi connectivity index (χ3n) is 4.50. The van der Waals surface area contributed by atoms with E-state index in [1.54, 1.807) is 13.3 Å². The predicted octanol–water partition coefficient (Wildman–Crippen LogP) is 3.93. The van der Waals surface area contributed by atoms with Gasteiger partial charge < -0.3 is 20.1 Å². The molecule has 3 aromatic rings. The molecule has 142 valence electrons. The van der Waals surface area contributed by atoms with Crippen LogP contribution in [0.25, 0.3) is 10.8 Å². The zero-order valence-corrected chi connectivity index (χ0v) is 16.0. The van der Waals surface area contributed by atoms with Crippen molar-refractivity contribution in [3.8, 4) is 11.6 Å². The molecule has 1 aromatic carbocycles. The molecule has 0 spiro atoms. The van der Waals surface area contributed by atoms with Gasteiger partial charge in [-0.25, -0.2) is 9.97 Å². The van der Waals surface area contributed by atoms with Crippen LogP contribution < -0.4 is 20.1 Å². The normalized spacial score (nSPS) is 14.4. The third kappa shape index (κ3) is 4.78. The lowest BCUT2D eigenvalue weighted by atomic mass is 10.1. The van der Waals surface area contributed by atoms with Crippen LogP contribution in [0.1, 0.15) is 12.8 Å². The van der Waals surface area contributed by atoms with Gasteiger partial charge in [0.1, 0.15) is 17.7 Å². The van der Waals surface area contributed by atoms with E-state index in [9.17, 15) is 0 Å². The fourth-order valence-electron chi connectivity index (χ4n) is 3.09. The van der Waals surface area contributed by atoms with Crippen LogP contribution in [-0.2, 0) is 0 Å². The second-order valence-corrected chi connectivity index (χ2v) is 6.36. The van der Waals surface area contributed by atoms with Crippen molar-refractivity contribution in [1.29, 1.82) is 0 Å². The number of pyridine rings is 2. The molecule has 0 saturated carbocycles. The van der Waals surface area contributed by atoms with Crippen molar-refractivity contribution in [1.82, 2.24) is 15.3 Å². The number of fused-ring (bicyclic) bond motifs is 1. The lowest BCUT2D eigenvalue weighted by molar-refractivity contribution is 0.162. The first-order valence-electron chi connectivity index (χ1n) is 8.84. The van der Waals surface area contributed by atoms with Gasteiger partial charge in [-0.05, 0) is 61.6 Å². The van der Waals surface area contributed by atoms with Crippen LogP contribution in [0.4, 0.5) is 11.5 Å². The second kappa shape index (κ2) is 8.88. The molecule has 0 amide bonds. The van der Waals surface area contributed by atoms with Gasteiger partial charge in [0.05, 0.1) is 19.0 Å². The Labute approximate surface area is 164 Å². The van der Waals surface area contributed by atoms with Crippen molar-refractivity contribution < 1.29 is 9.47 Å². The fraction of sp³-hybridized carbons (Fsp3) is 0.300. The first-order chi connectivity index (χ1) is 12.8. The van der Waals surface area contributed by atoms with Crippen molar-refractivity contribution >= 4 is 34.7 Å². The van der Waals surface area contributed by atoms with Crippen LogP contribution in [0.2, 0.25) is 0 Å². The number of benzene rings is 1. The number of halogens is 1. The minimum Gasteiger partial charge on any atom is -0.490 e. The predicted molar refractivity (Wildman–Crippen MR) is 110 cm³/mol. The molecule has 0 aliphatic carbocycles. The zero-order valence-electron chi connectivity index (χ0n) is 15.1. The number of piperidine rings is 1. The van der Waals surface area contributed by atoms with Gasteiger partial charge in [-0.15, -0.1) is 12.4 Å². The Morgan fingerprint density at radius 2 is 1.85 bits per heavy atom. The quantitative estimate of drug-likeness (QED) is 0.692. The van der Waals surface area contributed by atoms with Crippen LogP contribution >= 0.6 is 12.4 Å². The molecule has 2 aromatic heterocycles. The number of rotatable bonds is 5. The number of anilines is 2. The Morgan fingerprint density at radius 3 is 2.59 bits per heavy atom. The van der Waals surface area contributed by atoms with Gasteiger partial charge in [-0.1, -0.05) is 0 Å². The van der Waals surface area contributed by atoms with E-state index in [0.29, 0.717) is 12.0 Å². The highest BCUT2D eigenvalue weighted by atomic mass is 35.5. The number of nitrogens with zero attached hydrogens (tertiary/aromatic N) is 2. The molecule has 0 radical (unpaired) electrons. The third-order valence-corrected chi connectivity index (χ3v) is 4.50. The summed E-state index contributed by atoms with van der Waals surface area (Å²) in [5.41, 5.74) is 0.861. The van der Waals surface area contributed by atoms with E-state index in [1.807, 2.05) is 30.5 Å². The molecular formula is C20H23ClN4O2. The maximum atomic E-state index is 6.14. The molecule has 27 heavy (non-hydrogen) atoms. The Kier molecular flexibility index (Phi) is 6.32. The lowest BCUT2D eigenvalue weighted by Gasteiger charge is -2.24. The van der Waals surface area contributed by atoms with Gasteiger partial charge in [0.15, 0.2) is 0 Å². The zero-order chi connectivity index (χ0) is 17.8. The highest BCUT2D eigenvalue weighted by Crippen LogP contribution is 2.25. The van der Waals surface area contributed by atoms with Gasteiger partial charge >= 0.3 is 0 Å². The highest BCUT2D eigenvalue weighted by molar-refractivity contribution is 5.86. The topological polar surface area (TPSA) is 68.3 Å². The van der Waals surface area contributed by atoms with Gasteiger partial charge in [0, 0.05) is 17.6 Å². The second-order valence-electron chi connectivity index (χ2n) is 6.36. The molecule has 2 N–H and O–H groups in total. The van der Waals surface area contributed by atoms with Crippen molar-refractivity contribution in [2.24, 2.45) is 0 Å². The minimum absolute atomic E-state index is 0. The number of methoxy groups -OCH3 is 1. The summed E-state index contributed by atoms with van der Waals surface area (Å²) in [6, 6.07) is 11.9. The Hall–Kier alpha value is -2.57. The van der Waals surface area contributed by atoms with Crippen molar-refractivity contribution in [2.75, 3.05) is 25.5 Å². The average Bonchev–Trinajstić information content (AvgIpc) is 2.69. The van der Waals surface area contributed by atoms with Crippen LogP contribution in [-0.4, -0.2) is 36.3 Å². The maximum Gasteiger partial charge on any atom is 0.213 e. The van der Waals surface area contributed by atoms with Crippen molar-refractivity contribution in [3.63, 3.8) is 0 Å². The molecule has 0 bridgehead atoms. The number of aromatic nitrogens is 2. The van der Waals surface area contributed by atoms with Gasteiger partial charge in [-0.3, -0.25) is 0 Å². The van der Waals surface area contributed by atoms with E-state index in [1.165, 1.54) is 0 Å². The van der Waals surface area contributed by atoms with Crippen molar-refractivity contribution in [2.45, 2.75) is 18.9 Å². The van der Waals surface area contributed by atoms with E-state index in [-0.39, 0.29) is 12.4 Å². The summed E-state index contributed by atoms with van der Waals surface area (Å²) in [7, 11) is 1.60. The van der Waals surface area contributed by atoms with E-state index < -0.39 is 0 Å². The molecular weight excluding hydrogens is 364 g/mol. The number of hydrogen-bond acceptors (Lipinski definition) is 6.